The van der Waals surface area contributed by atoms with E-state index in [1.54, 1.807) is 6.07 Å². The Balaban J connectivity index is 4.73. The number of allylic oxidation sites excluding steroid dienone is 2. The molecule has 0 aliphatic heterocycles. The van der Waals surface area contributed by atoms with Gasteiger partial charge in [0.15, 0.2) is 5.78 Å². The number of hydrogen-bond acceptors (Lipinski definition) is 3. The van der Waals surface area contributed by atoms with Crippen molar-refractivity contribution in [1.82, 2.24) is 0 Å². The van der Waals surface area contributed by atoms with E-state index in [4.69, 9.17) is 22.6 Å². The first-order valence-corrected chi connectivity index (χ1v) is 3.49. The third kappa shape index (κ3) is 2.60. The fourth-order valence-electron chi connectivity index (χ4n) is 0.536. The number of alkyl halides is 1. The summed E-state index contributed by atoms with van der Waals surface area (Å²) in [4.78, 5) is 11.0. The van der Waals surface area contributed by atoms with E-state index in [2.05, 4.69) is 0 Å². The normalized spacial score (nSPS) is 14.7. The lowest BCUT2D eigenvalue weighted by atomic mass is 10.1. The molecule has 3 nitrogen and oxygen atoms in total. The van der Waals surface area contributed by atoms with E-state index in [1.807, 2.05) is 0 Å². The maximum absolute atomic E-state index is 11.0. The maximum Gasteiger partial charge on any atom is 0.192 e. The predicted molar refractivity (Wildman–Crippen MR) is 42.8 cm³/mol. The third-order valence-electron chi connectivity index (χ3n) is 1.11. The van der Waals surface area contributed by atoms with Gasteiger partial charge < -0.3 is 5.73 Å². The van der Waals surface area contributed by atoms with Crippen molar-refractivity contribution in [2.45, 2.75) is 19.2 Å². The third-order valence-corrected chi connectivity index (χ3v) is 1.31. The Morgan fingerprint density at radius 1 is 1.73 bits per heavy atom. The van der Waals surface area contributed by atoms with Gasteiger partial charge in [0.05, 0.1) is 5.38 Å². The second kappa shape index (κ2) is 3.99. The largest absolute Gasteiger partial charge is 0.401 e. The van der Waals surface area contributed by atoms with Crippen LogP contribution < -0.4 is 5.73 Å². The van der Waals surface area contributed by atoms with Crippen LogP contribution in [-0.2, 0) is 4.79 Å². The van der Waals surface area contributed by atoms with E-state index in [1.165, 1.54) is 13.8 Å². The minimum atomic E-state index is -0.692. The molecule has 0 spiro atoms. The molecule has 2 N–H and O–H groups in total. The molecule has 0 fully saturated rings. The van der Waals surface area contributed by atoms with Gasteiger partial charge in [-0.3, -0.25) is 4.79 Å². The van der Waals surface area contributed by atoms with Gasteiger partial charge in [0.1, 0.15) is 11.6 Å². The van der Waals surface area contributed by atoms with Crippen LogP contribution in [0.2, 0.25) is 0 Å². The van der Waals surface area contributed by atoms with E-state index < -0.39 is 11.2 Å². The topological polar surface area (TPSA) is 66.9 Å². The van der Waals surface area contributed by atoms with E-state index in [9.17, 15) is 4.79 Å². The molecule has 11 heavy (non-hydrogen) atoms. The van der Waals surface area contributed by atoms with Crippen LogP contribution in [0.15, 0.2) is 11.3 Å². The molecule has 0 aliphatic carbocycles. The van der Waals surface area contributed by atoms with Crippen LogP contribution in [0, 0.1) is 11.3 Å². The molecular weight excluding hydrogens is 164 g/mol. The van der Waals surface area contributed by atoms with Crippen LogP contribution in [0.5, 0.6) is 0 Å². The summed E-state index contributed by atoms with van der Waals surface area (Å²) >= 11 is 5.46. The first kappa shape index (κ1) is 9.99. The van der Waals surface area contributed by atoms with Gasteiger partial charge in [-0.1, -0.05) is 0 Å². The predicted octanol–water partition coefficient (Wildman–Crippen LogP) is 0.939. The maximum atomic E-state index is 11.0. The summed E-state index contributed by atoms with van der Waals surface area (Å²) < 4.78 is 0. The standard InChI is InChI=1S/C7H9ClN2O/c1-4(8)7(11)6(3-9)5(2)10/h4H,10H2,1-2H3/b6-5+. The second-order valence-electron chi connectivity index (χ2n) is 2.15. The average molecular weight is 173 g/mol. The van der Waals surface area contributed by atoms with Gasteiger partial charge in [0.25, 0.3) is 0 Å². The van der Waals surface area contributed by atoms with Crippen molar-refractivity contribution >= 4 is 17.4 Å². The molecule has 0 saturated heterocycles. The van der Waals surface area contributed by atoms with E-state index in [0.29, 0.717) is 0 Å². The summed E-state index contributed by atoms with van der Waals surface area (Å²) in [6.07, 6.45) is 0. The van der Waals surface area contributed by atoms with Gasteiger partial charge in [-0.2, -0.15) is 5.26 Å². The lowest BCUT2D eigenvalue weighted by molar-refractivity contribution is -0.114. The minimum absolute atomic E-state index is 0.0486. The highest BCUT2D eigenvalue weighted by molar-refractivity contribution is 6.34. The number of carbonyl (C=O) groups is 1. The molecule has 0 aromatic carbocycles. The van der Waals surface area contributed by atoms with E-state index in [-0.39, 0.29) is 11.3 Å². The zero-order chi connectivity index (χ0) is 9.02. The number of rotatable bonds is 2. The molecule has 0 aromatic rings. The molecule has 0 rings (SSSR count). The fourth-order valence-corrected chi connectivity index (χ4v) is 0.646. The molecule has 1 unspecified atom stereocenters. The summed E-state index contributed by atoms with van der Waals surface area (Å²) in [5.74, 6) is -0.422. The number of carbonyl (C=O) groups excluding carboxylic acids is 1. The van der Waals surface area contributed by atoms with E-state index >= 15 is 0 Å². The monoisotopic (exact) mass is 172 g/mol. The highest BCUT2D eigenvalue weighted by Gasteiger charge is 2.16. The Bertz CT molecular complexity index is 233. The molecule has 0 heterocycles. The molecule has 0 aliphatic rings. The number of halogens is 1. The Morgan fingerprint density at radius 2 is 2.18 bits per heavy atom. The van der Waals surface area contributed by atoms with Crippen molar-refractivity contribution < 1.29 is 4.79 Å². The van der Waals surface area contributed by atoms with Crippen LogP contribution >= 0.6 is 11.6 Å². The quantitative estimate of drug-likeness (QED) is 0.383. The van der Waals surface area contributed by atoms with Gasteiger partial charge >= 0.3 is 0 Å². The van der Waals surface area contributed by atoms with Crippen LogP contribution in [0.4, 0.5) is 0 Å². The SMILES string of the molecule is C/C(N)=C(/C#N)C(=O)C(C)Cl. The fraction of sp³-hybridized carbons (Fsp3) is 0.429. The van der Waals surface area contributed by atoms with Crippen LogP contribution in [0.25, 0.3) is 0 Å². The molecule has 1 atom stereocenters. The molecule has 0 aromatic heterocycles. The lowest BCUT2D eigenvalue weighted by Crippen LogP contribution is -2.15. The van der Waals surface area contributed by atoms with Gasteiger partial charge in [-0.05, 0) is 13.8 Å². The summed E-state index contributed by atoms with van der Waals surface area (Å²) in [5, 5.41) is 7.76. The zero-order valence-electron chi connectivity index (χ0n) is 6.39. The number of hydrogen-bond donors (Lipinski definition) is 1. The molecule has 0 saturated carbocycles. The van der Waals surface area contributed by atoms with Gasteiger partial charge in [0, 0.05) is 5.70 Å². The number of Topliss-reactive ketones (excluding diaryl/α,β-unsaturated/α-hetero) is 1. The zero-order valence-corrected chi connectivity index (χ0v) is 7.14. The molecule has 60 valence electrons. The van der Waals surface area contributed by atoms with Crippen LogP contribution in [-0.4, -0.2) is 11.2 Å². The number of ketones is 1. The Hall–Kier alpha value is -1.01. The van der Waals surface area contributed by atoms with Gasteiger partial charge in [-0.15, -0.1) is 11.6 Å². The summed E-state index contributed by atoms with van der Waals surface area (Å²) in [5.41, 5.74) is 5.43. The Morgan fingerprint density at radius 3 is 2.27 bits per heavy atom. The lowest BCUT2D eigenvalue weighted by Gasteiger charge is -2.00. The minimum Gasteiger partial charge on any atom is -0.401 e. The highest BCUT2D eigenvalue weighted by atomic mass is 35.5. The number of nitrogens with zero attached hydrogens (tertiary/aromatic N) is 1. The number of nitrogens with two attached hydrogens (primary N) is 1. The Kier molecular flexibility index (Phi) is 3.63. The van der Waals surface area contributed by atoms with Gasteiger partial charge in [0.2, 0.25) is 0 Å². The first-order valence-electron chi connectivity index (χ1n) is 3.05. The molecule has 0 radical (unpaired) electrons. The van der Waals surface area contributed by atoms with Crippen molar-refractivity contribution in [3.05, 3.63) is 11.3 Å². The molecular formula is C7H9ClN2O. The van der Waals surface area contributed by atoms with E-state index in [0.717, 1.165) is 0 Å². The summed E-state index contributed by atoms with van der Waals surface area (Å²) in [6.45, 7) is 3.00. The van der Waals surface area contributed by atoms with Gasteiger partial charge in [-0.25, -0.2) is 0 Å². The molecule has 0 bridgehead atoms. The second-order valence-corrected chi connectivity index (χ2v) is 2.80. The van der Waals surface area contributed by atoms with Crippen molar-refractivity contribution in [2.24, 2.45) is 5.73 Å². The van der Waals surface area contributed by atoms with Crippen LogP contribution in [0.3, 0.4) is 0 Å². The summed E-state index contributed by atoms with van der Waals surface area (Å²) in [6, 6.07) is 1.70. The molecule has 0 amide bonds. The first-order chi connectivity index (χ1) is 5.00. The van der Waals surface area contributed by atoms with Crippen molar-refractivity contribution in [3.8, 4) is 6.07 Å². The summed E-state index contributed by atoms with van der Waals surface area (Å²) in [7, 11) is 0. The number of nitriles is 1. The smallest absolute Gasteiger partial charge is 0.192 e. The van der Waals surface area contributed by atoms with Crippen molar-refractivity contribution in [2.75, 3.05) is 0 Å². The highest BCUT2D eigenvalue weighted by Crippen LogP contribution is 2.06. The molecule has 4 heteroatoms. The van der Waals surface area contributed by atoms with Crippen molar-refractivity contribution in [1.29, 1.82) is 5.26 Å². The van der Waals surface area contributed by atoms with Crippen molar-refractivity contribution in [3.63, 3.8) is 0 Å². The van der Waals surface area contributed by atoms with Crippen LogP contribution in [0.1, 0.15) is 13.8 Å². The Labute approximate surface area is 70.4 Å². The average Bonchev–Trinajstić information content (AvgIpc) is 1.88.